The third-order valence-corrected chi connectivity index (χ3v) is 3.70. The van der Waals surface area contributed by atoms with E-state index >= 15 is 0 Å². The van der Waals surface area contributed by atoms with Crippen LogP contribution >= 0.6 is 0 Å². The van der Waals surface area contributed by atoms with E-state index in [1.165, 1.54) is 0 Å². The highest BCUT2D eigenvalue weighted by Crippen LogP contribution is 2.26. The zero-order valence-corrected chi connectivity index (χ0v) is 12.2. The molecule has 0 saturated carbocycles. The fourth-order valence-corrected chi connectivity index (χ4v) is 2.48. The summed E-state index contributed by atoms with van der Waals surface area (Å²) in [5.41, 5.74) is 2.16. The molecular formula is C17H17N3O2. The Morgan fingerprint density at radius 3 is 2.95 bits per heavy atom. The summed E-state index contributed by atoms with van der Waals surface area (Å²) < 4.78 is 1.84. The van der Waals surface area contributed by atoms with E-state index in [4.69, 9.17) is 0 Å². The van der Waals surface area contributed by atoms with Crippen LogP contribution in [0.3, 0.4) is 0 Å². The van der Waals surface area contributed by atoms with Gasteiger partial charge in [-0.05, 0) is 24.6 Å². The molecule has 2 heterocycles. The van der Waals surface area contributed by atoms with Crippen molar-refractivity contribution in [2.75, 3.05) is 0 Å². The Labute approximate surface area is 128 Å². The lowest BCUT2D eigenvalue weighted by atomic mass is 10.0. The Hall–Kier alpha value is -2.82. The lowest BCUT2D eigenvalue weighted by Gasteiger charge is -2.18. The smallest absolute Gasteiger partial charge is 0.251 e. The first kappa shape index (κ1) is 14.1. The lowest BCUT2D eigenvalue weighted by molar-refractivity contribution is 0.0935. The zero-order valence-electron chi connectivity index (χ0n) is 12.2. The Morgan fingerprint density at radius 1 is 1.36 bits per heavy atom. The molecule has 112 valence electrons. The Kier molecular flexibility index (Phi) is 3.78. The molecule has 2 aromatic heterocycles. The summed E-state index contributed by atoms with van der Waals surface area (Å²) in [5, 5.41) is 12.9. The molecule has 0 saturated heterocycles. The second-order valence-electron chi connectivity index (χ2n) is 5.13. The number of carbonyl (C=O) groups excluding carboxylic acids is 1. The molecule has 1 unspecified atom stereocenters. The number of pyridine rings is 1. The van der Waals surface area contributed by atoms with Gasteiger partial charge in [-0.1, -0.05) is 25.1 Å². The Bertz CT molecular complexity index is 810. The molecule has 3 rings (SSSR count). The van der Waals surface area contributed by atoms with Gasteiger partial charge < -0.3 is 14.8 Å². The van der Waals surface area contributed by atoms with Crippen molar-refractivity contribution >= 4 is 11.4 Å². The molecular weight excluding hydrogens is 278 g/mol. The zero-order chi connectivity index (χ0) is 15.5. The number of fused-ring (bicyclic) bond motifs is 1. The average Bonchev–Trinajstić information content (AvgIpc) is 3.00. The maximum atomic E-state index is 12.4. The van der Waals surface area contributed by atoms with E-state index in [1.54, 1.807) is 43.0 Å². The van der Waals surface area contributed by atoms with Crippen molar-refractivity contribution in [2.24, 2.45) is 0 Å². The van der Waals surface area contributed by atoms with Crippen LogP contribution in [0.4, 0.5) is 0 Å². The summed E-state index contributed by atoms with van der Waals surface area (Å²) in [5.74, 6) is 0.0275. The topological polar surface area (TPSA) is 66.6 Å². The minimum absolute atomic E-state index is 0.168. The van der Waals surface area contributed by atoms with Gasteiger partial charge in [0, 0.05) is 17.3 Å². The molecule has 3 aromatic rings. The van der Waals surface area contributed by atoms with Gasteiger partial charge in [-0.2, -0.15) is 0 Å². The summed E-state index contributed by atoms with van der Waals surface area (Å²) in [6, 6.07) is 10.4. The number of hydrogen-bond donors (Lipinski definition) is 2. The van der Waals surface area contributed by atoms with E-state index in [-0.39, 0.29) is 17.7 Å². The van der Waals surface area contributed by atoms with E-state index < -0.39 is 0 Å². The van der Waals surface area contributed by atoms with Crippen LogP contribution in [0, 0.1) is 0 Å². The Balaban J connectivity index is 1.84. The molecule has 0 aliphatic heterocycles. The van der Waals surface area contributed by atoms with Crippen LogP contribution in [-0.4, -0.2) is 20.4 Å². The Morgan fingerprint density at radius 2 is 2.18 bits per heavy atom. The monoisotopic (exact) mass is 295 g/mol. The molecule has 0 fully saturated rings. The molecule has 0 radical (unpaired) electrons. The van der Waals surface area contributed by atoms with Crippen LogP contribution in [0.1, 0.15) is 35.3 Å². The number of para-hydroxylation sites is 1. The number of benzene rings is 1. The molecule has 0 aliphatic rings. The van der Waals surface area contributed by atoms with E-state index in [1.807, 2.05) is 23.5 Å². The van der Waals surface area contributed by atoms with Gasteiger partial charge in [0.15, 0.2) is 0 Å². The summed E-state index contributed by atoms with van der Waals surface area (Å²) >= 11 is 0. The van der Waals surface area contributed by atoms with Crippen molar-refractivity contribution in [3.05, 3.63) is 66.2 Å². The predicted molar refractivity (Wildman–Crippen MR) is 83.8 cm³/mol. The maximum absolute atomic E-state index is 12.4. The summed E-state index contributed by atoms with van der Waals surface area (Å²) in [7, 11) is 0. The third-order valence-electron chi connectivity index (χ3n) is 3.70. The second-order valence-corrected chi connectivity index (χ2v) is 5.13. The number of imidazole rings is 1. The van der Waals surface area contributed by atoms with Crippen LogP contribution in [0.15, 0.2) is 55.1 Å². The number of aromatic hydroxyl groups is 1. The largest absolute Gasteiger partial charge is 0.508 e. The van der Waals surface area contributed by atoms with Crippen molar-refractivity contribution in [3.63, 3.8) is 0 Å². The number of nitrogens with zero attached hydrogens (tertiary/aromatic N) is 2. The van der Waals surface area contributed by atoms with Crippen LogP contribution in [0.5, 0.6) is 5.75 Å². The van der Waals surface area contributed by atoms with Gasteiger partial charge in [0.05, 0.1) is 24.1 Å². The standard InChI is InChI=1S/C17H17N3O2/c1-2-15(14-5-3-4-6-16(14)21)19-17(22)12-7-8-20-11-18-10-13(20)9-12/h3-11,15,21H,2H2,1H3,(H,19,22). The van der Waals surface area contributed by atoms with E-state index in [0.29, 0.717) is 12.0 Å². The number of rotatable bonds is 4. The molecule has 5 heteroatoms. The fourth-order valence-electron chi connectivity index (χ4n) is 2.48. The van der Waals surface area contributed by atoms with Gasteiger partial charge in [-0.25, -0.2) is 4.98 Å². The quantitative estimate of drug-likeness (QED) is 0.777. The maximum Gasteiger partial charge on any atom is 0.251 e. The first-order valence-corrected chi connectivity index (χ1v) is 7.19. The number of aromatic nitrogens is 2. The molecule has 22 heavy (non-hydrogen) atoms. The van der Waals surface area contributed by atoms with Crippen molar-refractivity contribution < 1.29 is 9.90 Å². The minimum Gasteiger partial charge on any atom is -0.508 e. The predicted octanol–water partition coefficient (Wildman–Crippen LogP) is 2.92. The first-order valence-electron chi connectivity index (χ1n) is 7.19. The number of carbonyl (C=O) groups is 1. The molecule has 2 N–H and O–H groups in total. The second kappa shape index (κ2) is 5.89. The summed E-state index contributed by atoms with van der Waals surface area (Å²) in [6.07, 6.45) is 5.89. The lowest BCUT2D eigenvalue weighted by Crippen LogP contribution is -2.28. The third kappa shape index (κ3) is 2.65. The number of amides is 1. The van der Waals surface area contributed by atoms with Crippen molar-refractivity contribution in [2.45, 2.75) is 19.4 Å². The fraction of sp³-hybridized carbons (Fsp3) is 0.176. The van der Waals surface area contributed by atoms with Crippen LogP contribution < -0.4 is 5.32 Å². The molecule has 1 aromatic carbocycles. The van der Waals surface area contributed by atoms with Gasteiger partial charge in [-0.15, -0.1) is 0 Å². The van der Waals surface area contributed by atoms with Gasteiger partial charge in [0.25, 0.3) is 5.91 Å². The molecule has 0 spiro atoms. The highest BCUT2D eigenvalue weighted by atomic mass is 16.3. The number of hydrogen-bond acceptors (Lipinski definition) is 3. The van der Waals surface area contributed by atoms with Crippen LogP contribution in [0.2, 0.25) is 0 Å². The average molecular weight is 295 g/mol. The highest BCUT2D eigenvalue weighted by molar-refractivity contribution is 5.95. The molecule has 1 atom stereocenters. The SMILES string of the molecule is CCC(NC(=O)c1ccn2cncc2c1)c1ccccc1O. The van der Waals surface area contributed by atoms with E-state index in [9.17, 15) is 9.90 Å². The molecule has 0 bridgehead atoms. The van der Waals surface area contributed by atoms with Gasteiger partial charge in [0.1, 0.15) is 5.75 Å². The van der Waals surface area contributed by atoms with Crippen LogP contribution in [0.25, 0.3) is 5.52 Å². The van der Waals surface area contributed by atoms with E-state index in [2.05, 4.69) is 10.3 Å². The van der Waals surface area contributed by atoms with Crippen molar-refractivity contribution in [1.29, 1.82) is 0 Å². The summed E-state index contributed by atoms with van der Waals surface area (Å²) in [6.45, 7) is 1.97. The molecule has 5 nitrogen and oxygen atoms in total. The van der Waals surface area contributed by atoms with E-state index in [0.717, 1.165) is 11.1 Å². The van der Waals surface area contributed by atoms with Gasteiger partial charge in [-0.3, -0.25) is 4.79 Å². The number of nitrogens with one attached hydrogen (secondary N) is 1. The molecule has 1 amide bonds. The molecule has 0 aliphatic carbocycles. The highest BCUT2D eigenvalue weighted by Gasteiger charge is 2.17. The minimum atomic E-state index is -0.227. The number of phenolic OH excluding ortho intramolecular Hbond substituents is 1. The number of phenols is 1. The first-order chi connectivity index (χ1) is 10.7. The van der Waals surface area contributed by atoms with Crippen molar-refractivity contribution in [3.8, 4) is 5.75 Å². The normalized spacial score (nSPS) is 12.2. The van der Waals surface area contributed by atoms with Gasteiger partial charge in [0.2, 0.25) is 0 Å². The summed E-state index contributed by atoms with van der Waals surface area (Å²) in [4.78, 5) is 16.5. The van der Waals surface area contributed by atoms with Crippen molar-refractivity contribution in [1.82, 2.24) is 14.7 Å². The van der Waals surface area contributed by atoms with Crippen LogP contribution in [-0.2, 0) is 0 Å². The van der Waals surface area contributed by atoms with Gasteiger partial charge >= 0.3 is 0 Å².